The van der Waals surface area contributed by atoms with Crippen molar-refractivity contribution in [1.29, 1.82) is 0 Å². The number of amides is 2. The van der Waals surface area contributed by atoms with Crippen LogP contribution in [0.2, 0.25) is 0 Å². The molecule has 0 aliphatic rings. The molecule has 0 spiro atoms. The number of hydrogen-bond donors (Lipinski definition) is 3. The number of carbonyl (C=O) groups is 1. The van der Waals surface area contributed by atoms with Gasteiger partial charge in [-0.2, -0.15) is 4.98 Å². The summed E-state index contributed by atoms with van der Waals surface area (Å²) >= 11 is 0. The van der Waals surface area contributed by atoms with E-state index in [0.29, 0.717) is 11.6 Å². The summed E-state index contributed by atoms with van der Waals surface area (Å²) < 4.78 is 0. The zero-order valence-corrected chi connectivity index (χ0v) is 17.4. The molecule has 0 fully saturated rings. The monoisotopic (exact) mass is 390 g/mol. The van der Waals surface area contributed by atoms with Crippen LogP contribution in [0.15, 0.2) is 48.5 Å². The van der Waals surface area contributed by atoms with Gasteiger partial charge in [-0.15, -0.1) is 0 Å². The summed E-state index contributed by atoms with van der Waals surface area (Å²) in [4.78, 5) is 23.1. The van der Waals surface area contributed by atoms with E-state index in [1.54, 1.807) is 0 Å². The van der Waals surface area contributed by atoms with E-state index in [4.69, 9.17) is 0 Å². The largest absolute Gasteiger partial charge is 0.363 e. The van der Waals surface area contributed by atoms with E-state index < -0.39 is 0 Å². The van der Waals surface area contributed by atoms with Crippen molar-refractivity contribution < 1.29 is 4.79 Å². The van der Waals surface area contributed by atoms with E-state index >= 15 is 0 Å². The minimum Gasteiger partial charge on any atom is -0.363 e. The zero-order chi connectivity index (χ0) is 21.0. The van der Waals surface area contributed by atoms with Crippen molar-refractivity contribution in [3.63, 3.8) is 0 Å². The highest BCUT2D eigenvalue weighted by Gasteiger charge is 2.06. The summed E-state index contributed by atoms with van der Waals surface area (Å²) in [5.74, 6) is 1.36. The van der Waals surface area contributed by atoms with Crippen LogP contribution in [-0.2, 0) is 0 Å². The van der Waals surface area contributed by atoms with Gasteiger partial charge in [-0.25, -0.2) is 9.78 Å². The Morgan fingerprint density at radius 1 is 0.793 bits per heavy atom. The number of nitrogens with zero attached hydrogens (tertiary/aromatic N) is 3. The average molecular weight is 390 g/mol. The second-order valence-corrected chi connectivity index (χ2v) is 7.17. The molecular formula is C22H26N6O. The lowest BCUT2D eigenvalue weighted by molar-refractivity contribution is 0.262. The molecule has 3 aromatic rings. The Kier molecular flexibility index (Phi) is 5.97. The Morgan fingerprint density at radius 3 is 2.07 bits per heavy atom. The molecule has 3 rings (SSSR count). The first-order valence-electron chi connectivity index (χ1n) is 9.35. The number of benzene rings is 2. The quantitative estimate of drug-likeness (QED) is 0.580. The molecule has 0 aliphatic heterocycles. The average Bonchev–Trinajstić information content (AvgIpc) is 2.66. The van der Waals surface area contributed by atoms with Gasteiger partial charge in [0.2, 0.25) is 5.95 Å². The van der Waals surface area contributed by atoms with Gasteiger partial charge in [0, 0.05) is 42.9 Å². The molecule has 0 atom stereocenters. The molecule has 7 nitrogen and oxygen atoms in total. The molecule has 2 amide bonds. The minimum absolute atomic E-state index is 0.286. The van der Waals surface area contributed by atoms with Crippen LogP contribution in [0.25, 0.3) is 0 Å². The molecule has 29 heavy (non-hydrogen) atoms. The standard InChI is InChI=1S/C22H26N6O/c1-14-6-7-19(12-15(14)2)26-22(29)25-18-10-8-17(9-11-18)24-21-23-16(3)13-20(27-21)28(4)5/h6-13H,1-5H3,(H,23,24,27)(H2,25,26,29). The number of aromatic nitrogens is 2. The predicted molar refractivity (Wildman–Crippen MR) is 119 cm³/mol. The van der Waals surface area contributed by atoms with Crippen LogP contribution >= 0.6 is 0 Å². The molecule has 7 heteroatoms. The lowest BCUT2D eigenvalue weighted by atomic mass is 10.1. The first kappa shape index (κ1) is 20.1. The highest BCUT2D eigenvalue weighted by Crippen LogP contribution is 2.20. The molecule has 0 saturated heterocycles. The van der Waals surface area contributed by atoms with E-state index in [0.717, 1.165) is 28.5 Å². The molecule has 0 aliphatic carbocycles. The molecule has 3 N–H and O–H groups in total. The summed E-state index contributed by atoms with van der Waals surface area (Å²) in [5, 5.41) is 8.87. The van der Waals surface area contributed by atoms with Crippen molar-refractivity contribution in [3.8, 4) is 0 Å². The molecule has 0 unspecified atom stereocenters. The second-order valence-electron chi connectivity index (χ2n) is 7.17. The maximum Gasteiger partial charge on any atom is 0.323 e. The van der Waals surface area contributed by atoms with Crippen LogP contribution < -0.4 is 20.9 Å². The van der Waals surface area contributed by atoms with Crippen molar-refractivity contribution in [2.75, 3.05) is 34.9 Å². The molecule has 1 aromatic heterocycles. The Balaban J connectivity index is 1.62. The SMILES string of the molecule is Cc1cc(N(C)C)nc(Nc2ccc(NC(=O)Nc3ccc(C)c(C)c3)cc2)n1. The number of rotatable bonds is 5. The Labute approximate surface area is 171 Å². The second kappa shape index (κ2) is 8.60. The lowest BCUT2D eigenvalue weighted by Gasteiger charge is -2.14. The van der Waals surface area contributed by atoms with Crippen molar-refractivity contribution in [2.24, 2.45) is 0 Å². The van der Waals surface area contributed by atoms with Crippen molar-refractivity contribution in [1.82, 2.24) is 9.97 Å². The van der Waals surface area contributed by atoms with Crippen LogP contribution in [0, 0.1) is 20.8 Å². The van der Waals surface area contributed by atoms with Crippen LogP contribution in [-0.4, -0.2) is 30.1 Å². The molecule has 0 bridgehead atoms. The van der Waals surface area contributed by atoms with Gasteiger partial charge in [-0.05, 0) is 68.3 Å². The van der Waals surface area contributed by atoms with Crippen LogP contribution in [0.4, 0.5) is 33.6 Å². The van der Waals surface area contributed by atoms with E-state index in [1.165, 1.54) is 5.56 Å². The molecule has 0 radical (unpaired) electrons. The fourth-order valence-electron chi connectivity index (χ4n) is 2.72. The number of nitrogens with one attached hydrogen (secondary N) is 3. The lowest BCUT2D eigenvalue weighted by Crippen LogP contribution is -2.19. The smallest absolute Gasteiger partial charge is 0.323 e. The van der Waals surface area contributed by atoms with Crippen LogP contribution in [0.1, 0.15) is 16.8 Å². The van der Waals surface area contributed by atoms with E-state index in [9.17, 15) is 4.79 Å². The third kappa shape index (κ3) is 5.44. The number of carbonyl (C=O) groups excluding carboxylic acids is 1. The first-order chi connectivity index (χ1) is 13.8. The predicted octanol–water partition coefficient (Wildman–Crippen LogP) is 4.86. The van der Waals surface area contributed by atoms with E-state index in [2.05, 4.69) is 25.9 Å². The van der Waals surface area contributed by atoms with Crippen LogP contribution in [0.3, 0.4) is 0 Å². The minimum atomic E-state index is -0.286. The number of anilines is 5. The Bertz CT molecular complexity index is 1010. The summed E-state index contributed by atoms with van der Waals surface area (Å²) in [6, 6.07) is 14.8. The summed E-state index contributed by atoms with van der Waals surface area (Å²) in [5.41, 5.74) is 5.49. The van der Waals surface area contributed by atoms with Gasteiger partial charge < -0.3 is 20.9 Å². The van der Waals surface area contributed by atoms with Gasteiger partial charge in [-0.3, -0.25) is 0 Å². The van der Waals surface area contributed by atoms with Gasteiger partial charge >= 0.3 is 6.03 Å². The fraction of sp³-hybridized carbons (Fsp3) is 0.227. The van der Waals surface area contributed by atoms with Crippen LogP contribution in [0.5, 0.6) is 0 Å². The van der Waals surface area contributed by atoms with E-state index in [-0.39, 0.29) is 6.03 Å². The van der Waals surface area contributed by atoms with Crippen molar-refractivity contribution in [2.45, 2.75) is 20.8 Å². The van der Waals surface area contributed by atoms with Gasteiger partial charge in [-0.1, -0.05) is 6.07 Å². The topological polar surface area (TPSA) is 82.2 Å². The normalized spacial score (nSPS) is 10.4. The Hall–Kier alpha value is -3.61. The summed E-state index contributed by atoms with van der Waals surface area (Å²) in [6.07, 6.45) is 0. The van der Waals surface area contributed by atoms with Gasteiger partial charge in [0.1, 0.15) is 5.82 Å². The molecule has 0 saturated carbocycles. The van der Waals surface area contributed by atoms with Gasteiger partial charge in [0.05, 0.1) is 0 Å². The number of hydrogen-bond acceptors (Lipinski definition) is 5. The zero-order valence-electron chi connectivity index (χ0n) is 17.4. The third-order valence-corrected chi connectivity index (χ3v) is 4.46. The molecule has 150 valence electrons. The first-order valence-corrected chi connectivity index (χ1v) is 9.35. The van der Waals surface area contributed by atoms with Gasteiger partial charge in [0.15, 0.2) is 0 Å². The molecule has 1 heterocycles. The Morgan fingerprint density at radius 2 is 1.41 bits per heavy atom. The van der Waals surface area contributed by atoms with Gasteiger partial charge in [0.25, 0.3) is 0 Å². The van der Waals surface area contributed by atoms with E-state index in [1.807, 2.05) is 88.3 Å². The van der Waals surface area contributed by atoms with Crippen molar-refractivity contribution in [3.05, 3.63) is 65.4 Å². The van der Waals surface area contributed by atoms with Crippen molar-refractivity contribution >= 4 is 34.9 Å². The fourth-order valence-corrected chi connectivity index (χ4v) is 2.72. The maximum atomic E-state index is 12.2. The summed E-state index contributed by atoms with van der Waals surface area (Å²) in [6.45, 7) is 5.99. The molecule has 2 aromatic carbocycles. The number of urea groups is 1. The third-order valence-electron chi connectivity index (χ3n) is 4.46. The highest BCUT2D eigenvalue weighted by molar-refractivity contribution is 5.99. The molecular weight excluding hydrogens is 364 g/mol. The number of aryl methyl sites for hydroxylation is 3. The summed E-state index contributed by atoms with van der Waals surface area (Å²) in [7, 11) is 3.88. The maximum absolute atomic E-state index is 12.2. The highest BCUT2D eigenvalue weighted by atomic mass is 16.2.